The number of hydrogen-bond acceptors (Lipinski definition) is 5. The van der Waals surface area contributed by atoms with Gasteiger partial charge in [0.2, 0.25) is 0 Å². The Morgan fingerprint density at radius 3 is 2.64 bits per heavy atom. The molecule has 7 nitrogen and oxygen atoms in total. The molecule has 2 heterocycles. The van der Waals surface area contributed by atoms with Crippen LogP contribution in [0.25, 0.3) is 10.9 Å². The van der Waals surface area contributed by atoms with Crippen molar-refractivity contribution in [2.75, 3.05) is 23.7 Å². The zero-order valence-electron chi connectivity index (χ0n) is 15.4. The fourth-order valence-electron chi connectivity index (χ4n) is 3.21. The van der Waals surface area contributed by atoms with Crippen LogP contribution in [0.1, 0.15) is 33.6 Å². The Labute approximate surface area is 148 Å². The molecule has 0 bridgehead atoms. The molecule has 7 heteroatoms. The predicted molar refractivity (Wildman–Crippen MR) is 99.7 cm³/mol. The van der Waals surface area contributed by atoms with Gasteiger partial charge in [-0.15, -0.1) is 0 Å². The molecule has 0 atom stereocenters. The largest absolute Gasteiger partial charge is 0.444 e. The fraction of sp³-hybridized carbons (Fsp3) is 0.556. The van der Waals surface area contributed by atoms with E-state index in [9.17, 15) is 4.79 Å². The molecule has 1 aromatic carbocycles. The van der Waals surface area contributed by atoms with Gasteiger partial charge in [-0.25, -0.2) is 4.79 Å². The lowest BCUT2D eigenvalue weighted by atomic mass is 10.0. The maximum atomic E-state index is 11.9. The topological polar surface area (TPSA) is 85.4 Å². The zero-order chi connectivity index (χ0) is 18.2. The molecule has 0 aliphatic carbocycles. The Morgan fingerprint density at radius 1 is 1.32 bits per heavy atom. The van der Waals surface area contributed by atoms with Gasteiger partial charge < -0.3 is 20.7 Å². The first-order chi connectivity index (χ1) is 11.7. The van der Waals surface area contributed by atoms with Crippen LogP contribution in [0.4, 0.5) is 16.2 Å². The molecular formula is C18H27N5O2. The molecule has 1 aliphatic rings. The van der Waals surface area contributed by atoms with E-state index in [2.05, 4.69) is 15.3 Å². The number of nitrogens with zero attached hydrogens (tertiary/aromatic N) is 3. The van der Waals surface area contributed by atoms with Gasteiger partial charge in [0.1, 0.15) is 5.60 Å². The van der Waals surface area contributed by atoms with E-state index in [4.69, 9.17) is 10.5 Å². The highest BCUT2D eigenvalue weighted by Gasteiger charge is 2.24. The smallest absolute Gasteiger partial charge is 0.407 e. The second kappa shape index (κ2) is 6.46. The number of nitrogen functional groups attached to an aromatic ring is 1. The number of nitrogens with one attached hydrogen (secondary N) is 1. The number of rotatable bonds is 2. The summed E-state index contributed by atoms with van der Waals surface area (Å²) in [5.74, 6) is 0. The van der Waals surface area contributed by atoms with E-state index in [1.165, 1.54) is 0 Å². The highest BCUT2D eigenvalue weighted by Crippen LogP contribution is 2.30. The van der Waals surface area contributed by atoms with Crippen molar-refractivity contribution in [1.29, 1.82) is 0 Å². The van der Waals surface area contributed by atoms with Crippen LogP contribution in [-0.4, -0.2) is 40.6 Å². The first-order valence-corrected chi connectivity index (χ1v) is 8.68. The number of amides is 1. The highest BCUT2D eigenvalue weighted by atomic mass is 16.6. The van der Waals surface area contributed by atoms with Crippen molar-refractivity contribution in [2.24, 2.45) is 7.05 Å². The Hall–Kier alpha value is -2.44. The predicted octanol–water partition coefficient (Wildman–Crippen LogP) is 2.65. The first kappa shape index (κ1) is 17.4. The number of nitrogens with two attached hydrogens (primary N) is 1. The van der Waals surface area contributed by atoms with Crippen LogP contribution in [0, 0.1) is 0 Å². The summed E-state index contributed by atoms with van der Waals surface area (Å²) >= 11 is 0. The van der Waals surface area contributed by atoms with Crippen LogP contribution < -0.4 is 16.0 Å². The molecule has 0 saturated carbocycles. The van der Waals surface area contributed by atoms with E-state index in [1.807, 2.05) is 46.1 Å². The minimum Gasteiger partial charge on any atom is -0.444 e. The van der Waals surface area contributed by atoms with Crippen molar-refractivity contribution in [3.63, 3.8) is 0 Å². The average Bonchev–Trinajstić information content (AvgIpc) is 2.84. The van der Waals surface area contributed by atoms with Crippen LogP contribution in [0.3, 0.4) is 0 Å². The van der Waals surface area contributed by atoms with Gasteiger partial charge in [0.25, 0.3) is 0 Å². The quantitative estimate of drug-likeness (QED) is 0.817. The highest BCUT2D eigenvalue weighted by molar-refractivity contribution is 5.89. The summed E-state index contributed by atoms with van der Waals surface area (Å²) < 4.78 is 7.12. The molecule has 0 spiro atoms. The number of alkyl carbamates (subject to hydrolysis) is 1. The lowest BCUT2D eigenvalue weighted by molar-refractivity contribution is 0.0497. The van der Waals surface area contributed by atoms with Gasteiger partial charge in [-0.2, -0.15) is 5.10 Å². The van der Waals surface area contributed by atoms with E-state index in [0.717, 1.165) is 48.2 Å². The van der Waals surface area contributed by atoms with E-state index < -0.39 is 5.60 Å². The molecule has 1 amide bonds. The van der Waals surface area contributed by atoms with Gasteiger partial charge in [0.15, 0.2) is 0 Å². The van der Waals surface area contributed by atoms with Crippen molar-refractivity contribution in [3.05, 3.63) is 18.3 Å². The number of hydrogen-bond donors (Lipinski definition) is 2. The summed E-state index contributed by atoms with van der Waals surface area (Å²) in [6.45, 7) is 7.27. The molecule has 1 fully saturated rings. The Kier molecular flexibility index (Phi) is 4.49. The maximum Gasteiger partial charge on any atom is 0.407 e. The van der Waals surface area contributed by atoms with Crippen LogP contribution >= 0.6 is 0 Å². The van der Waals surface area contributed by atoms with Crippen LogP contribution in [-0.2, 0) is 11.8 Å². The number of benzene rings is 1. The Bertz CT molecular complexity index is 770. The lowest BCUT2D eigenvalue weighted by Crippen LogP contribution is -2.46. The summed E-state index contributed by atoms with van der Waals surface area (Å²) in [4.78, 5) is 14.2. The van der Waals surface area contributed by atoms with E-state index >= 15 is 0 Å². The van der Waals surface area contributed by atoms with Gasteiger partial charge >= 0.3 is 6.09 Å². The molecule has 1 aliphatic heterocycles. The molecule has 0 radical (unpaired) electrons. The standard InChI is InChI=1S/C18H27N5O2/c1-18(2,3)25-17(24)20-13-5-7-23(8-6-13)16-10-15-12(9-14(16)19)11-22(4)21-15/h9-11,13H,5-8,19H2,1-4H3,(H,20,24). The molecule has 3 rings (SSSR count). The number of anilines is 2. The fourth-order valence-corrected chi connectivity index (χ4v) is 3.21. The maximum absolute atomic E-state index is 11.9. The van der Waals surface area contributed by atoms with Crippen molar-refractivity contribution in [3.8, 4) is 0 Å². The minimum absolute atomic E-state index is 0.130. The number of ether oxygens (including phenoxy) is 1. The summed E-state index contributed by atoms with van der Waals surface area (Å²) in [7, 11) is 1.91. The lowest BCUT2D eigenvalue weighted by Gasteiger charge is -2.34. The van der Waals surface area contributed by atoms with Crippen molar-refractivity contribution >= 4 is 28.4 Å². The van der Waals surface area contributed by atoms with Crippen LogP contribution in [0.5, 0.6) is 0 Å². The molecule has 3 N–H and O–H groups in total. The molecular weight excluding hydrogens is 318 g/mol. The number of aromatic nitrogens is 2. The summed E-state index contributed by atoms with van der Waals surface area (Å²) in [5.41, 5.74) is 8.49. The monoisotopic (exact) mass is 345 g/mol. The molecule has 1 aromatic heterocycles. The minimum atomic E-state index is -0.475. The van der Waals surface area contributed by atoms with Crippen molar-refractivity contribution in [2.45, 2.75) is 45.3 Å². The Balaban J connectivity index is 1.62. The van der Waals surface area contributed by atoms with Gasteiger partial charge in [0, 0.05) is 37.8 Å². The van der Waals surface area contributed by atoms with Crippen molar-refractivity contribution in [1.82, 2.24) is 15.1 Å². The van der Waals surface area contributed by atoms with E-state index in [-0.39, 0.29) is 12.1 Å². The number of fused-ring (bicyclic) bond motifs is 1. The number of aryl methyl sites for hydroxylation is 1. The van der Waals surface area contributed by atoms with Gasteiger partial charge in [-0.3, -0.25) is 4.68 Å². The molecule has 2 aromatic rings. The molecule has 136 valence electrons. The number of carbonyl (C=O) groups is 1. The summed E-state index contributed by atoms with van der Waals surface area (Å²) in [6.07, 6.45) is 3.34. The van der Waals surface area contributed by atoms with Gasteiger partial charge in [-0.05, 0) is 45.7 Å². The normalized spacial score (nSPS) is 16.2. The zero-order valence-corrected chi connectivity index (χ0v) is 15.4. The van der Waals surface area contributed by atoms with Gasteiger partial charge in [0.05, 0.1) is 16.9 Å². The summed E-state index contributed by atoms with van der Waals surface area (Å²) in [6, 6.07) is 4.15. The molecule has 1 saturated heterocycles. The van der Waals surface area contributed by atoms with Crippen LogP contribution in [0.15, 0.2) is 18.3 Å². The summed E-state index contributed by atoms with van der Waals surface area (Å²) in [5, 5.41) is 8.47. The second-order valence-corrected chi connectivity index (χ2v) is 7.68. The third kappa shape index (κ3) is 4.15. The van der Waals surface area contributed by atoms with E-state index in [1.54, 1.807) is 4.68 Å². The number of piperidine rings is 1. The second-order valence-electron chi connectivity index (χ2n) is 7.68. The van der Waals surface area contributed by atoms with Crippen LogP contribution in [0.2, 0.25) is 0 Å². The average molecular weight is 345 g/mol. The Morgan fingerprint density at radius 2 is 2.00 bits per heavy atom. The number of carbonyl (C=O) groups excluding carboxylic acids is 1. The molecule has 0 unspecified atom stereocenters. The third-order valence-electron chi connectivity index (χ3n) is 4.32. The SMILES string of the molecule is Cn1cc2cc(N)c(N3CCC(NC(=O)OC(C)(C)C)CC3)cc2n1. The van der Waals surface area contributed by atoms with E-state index in [0.29, 0.717) is 0 Å². The molecule has 25 heavy (non-hydrogen) atoms. The third-order valence-corrected chi connectivity index (χ3v) is 4.32. The van der Waals surface area contributed by atoms with Gasteiger partial charge in [-0.1, -0.05) is 0 Å². The van der Waals surface area contributed by atoms with Crippen molar-refractivity contribution < 1.29 is 9.53 Å². The first-order valence-electron chi connectivity index (χ1n) is 8.68.